The predicted molar refractivity (Wildman–Crippen MR) is 112 cm³/mol. The minimum atomic E-state index is -1.02. The van der Waals surface area contributed by atoms with Gasteiger partial charge in [0.15, 0.2) is 5.82 Å². The van der Waals surface area contributed by atoms with Crippen molar-refractivity contribution in [2.75, 3.05) is 5.32 Å². The number of benzene rings is 1. The quantitative estimate of drug-likeness (QED) is 0.563. The summed E-state index contributed by atoms with van der Waals surface area (Å²) >= 11 is 0. The molecule has 1 aromatic heterocycles. The molecule has 5 nitrogen and oxygen atoms in total. The normalized spacial score (nSPS) is 13.8. The molecule has 2 aromatic rings. The lowest BCUT2D eigenvalue weighted by atomic mass is 10.0. The molecule has 0 radical (unpaired) electrons. The monoisotopic (exact) mass is 375 g/mol. The zero-order valence-corrected chi connectivity index (χ0v) is 16.4. The summed E-state index contributed by atoms with van der Waals surface area (Å²) in [5.41, 5.74) is 2.39. The summed E-state index contributed by atoms with van der Waals surface area (Å²) in [7, 11) is 0. The van der Waals surface area contributed by atoms with E-state index in [1.807, 2.05) is 45.0 Å². The number of anilines is 1. The van der Waals surface area contributed by atoms with Crippen molar-refractivity contribution in [3.05, 3.63) is 71.7 Å². The Labute approximate surface area is 166 Å². The fraction of sp³-hybridized carbons (Fsp3) is 0.261. The van der Waals surface area contributed by atoms with Crippen LogP contribution >= 0.6 is 0 Å². The van der Waals surface area contributed by atoms with Gasteiger partial charge in [0, 0.05) is 5.92 Å². The molecule has 1 amide bonds. The third-order valence-corrected chi connectivity index (χ3v) is 4.42. The number of carbonyl (C=O) groups is 1. The Morgan fingerprint density at radius 3 is 2.71 bits per heavy atom. The SMILES string of the molecule is C#C/C=C\C=C(/C)c1cnc(NC(=O)C(C)CC)c(C(O)c2ccccc2)n1. The van der Waals surface area contributed by atoms with Crippen LogP contribution < -0.4 is 5.32 Å². The van der Waals surface area contributed by atoms with E-state index in [2.05, 4.69) is 21.2 Å². The van der Waals surface area contributed by atoms with Gasteiger partial charge in [0.1, 0.15) is 11.8 Å². The molecule has 2 rings (SSSR count). The molecule has 2 atom stereocenters. The number of rotatable bonds is 7. The molecular formula is C23H25N3O2. The molecule has 1 heterocycles. The first kappa shape index (κ1) is 21.1. The Kier molecular flexibility index (Phi) is 7.67. The van der Waals surface area contributed by atoms with Gasteiger partial charge >= 0.3 is 0 Å². The number of aromatic nitrogens is 2. The van der Waals surface area contributed by atoms with E-state index < -0.39 is 6.10 Å². The number of hydrogen-bond donors (Lipinski definition) is 2. The van der Waals surface area contributed by atoms with Crippen LogP contribution in [-0.2, 0) is 4.79 Å². The van der Waals surface area contributed by atoms with Crippen LogP contribution in [0.15, 0.2) is 54.8 Å². The lowest BCUT2D eigenvalue weighted by Crippen LogP contribution is -2.22. The molecule has 0 spiro atoms. The molecule has 0 saturated heterocycles. The summed E-state index contributed by atoms with van der Waals surface area (Å²) in [5.74, 6) is 2.36. The Morgan fingerprint density at radius 1 is 1.36 bits per heavy atom. The molecule has 0 aliphatic rings. The lowest BCUT2D eigenvalue weighted by Gasteiger charge is -2.17. The number of hydrogen-bond acceptors (Lipinski definition) is 4. The molecule has 2 unspecified atom stereocenters. The largest absolute Gasteiger partial charge is 0.382 e. The molecule has 2 N–H and O–H groups in total. The Bertz CT molecular complexity index is 911. The molecule has 1 aromatic carbocycles. The van der Waals surface area contributed by atoms with Crippen LogP contribution in [0.2, 0.25) is 0 Å². The number of amides is 1. The smallest absolute Gasteiger partial charge is 0.228 e. The maximum Gasteiger partial charge on any atom is 0.228 e. The van der Waals surface area contributed by atoms with E-state index in [0.717, 1.165) is 5.57 Å². The number of aliphatic hydroxyl groups excluding tert-OH is 1. The standard InChI is InChI=1S/C23H25N3O2/c1-5-7-9-12-17(4)19-15-24-22(26-23(28)16(3)6-2)20(25-19)21(27)18-13-10-8-11-14-18/h1,7-16,21,27H,6H2,2-4H3,(H,24,26,28)/b9-7-,17-12+. The van der Waals surface area contributed by atoms with E-state index in [9.17, 15) is 9.90 Å². The molecule has 0 aliphatic heterocycles. The van der Waals surface area contributed by atoms with Gasteiger partial charge in [0.2, 0.25) is 5.91 Å². The predicted octanol–water partition coefficient (Wildman–Crippen LogP) is 4.14. The average Bonchev–Trinajstić information content (AvgIpc) is 2.73. The van der Waals surface area contributed by atoms with Crippen molar-refractivity contribution in [3.63, 3.8) is 0 Å². The van der Waals surface area contributed by atoms with Crippen molar-refractivity contribution in [1.29, 1.82) is 0 Å². The first-order valence-corrected chi connectivity index (χ1v) is 9.18. The highest BCUT2D eigenvalue weighted by atomic mass is 16.3. The average molecular weight is 375 g/mol. The first-order chi connectivity index (χ1) is 13.5. The van der Waals surface area contributed by atoms with Gasteiger partial charge in [-0.3, -0.25) is 4.79 Å². The van der Waals surface area contributed by atoms with Crippen LogP contribution in [0.25, 0.3) is 5.57 Å². The molecular weight excluding hydrogens is 350 g/mol. The highest BCUT2D eigenvalue weighted by molar-refractivity contribution is 5.92. The van der Waals surface area contributed by atoms with E-state index in [-0.39, 0.29) is 17.6 Å². The van der Waals surface area contributed by atoms with Gasteiger partial charge in [-0.1, -0.05) is 62.3 Å². The van der Waals surface area contributed by atoms with Gasteiger partial charge in [-0.2, -0.15) is 0 Å². The summed E-state index contributed by atoms with van der Waals surface area (Å²) in [4.78, 5) is 21.3. The minimum Gasteiger partial charge on any atom is -0.382 e. The number of nitrogens with zero attached hydrogens (tertiary/aromatic N) is 2. The molecule has 28 heavy (non-hydrogen) atoms. The van der Waals surface area contributed by atoms with E-state index in [4.69, 9.17) is 6.42 Å². The summed E-state index contributed by atoms with van der Waals surface area (Å²) in [5, 5.41) is 13.7. The van der Waals surface area contributed by atoms with Crippen LogP contribution in [0.3, 0.4) is 0 Å². The zero-order chi connectivity index (χ0) is 20.5. The van der Waals surface area contributed by atoms with Crippen LogP contribution in [0.4, 0.5) is 5.82 Å². The molecule has 5 heteroatoms. The number of allylic oxidation sites excluding steroid dienone is 4. The van der Waals surface area contributed by atoms with Gasteiger partial charge < -0.3 is 10.4 Å². The van der Waals surface area contributed by atoms with E-state index >= 15 is 0 Å². The molecule has 0 saturated carbocycles. The maximum absolute atomic E-state index is 12.3. The summed E-state index contributed by atoms with van der Waals surface area (Å²) in [6, 6.07) is 9.15. The minimum absolute atomic E-state index is 0.157. The van der Waals surface area contributed by atoms with Gasteiger partial charge in [0.05, 0.1) is 11.9 Å². The van der Waals surface area contributed by atoms with Crippen molar-refractivity contribution in [3.8, 4) is 12.3 Å². The van der Waals surface area contributed by atoms with Crippen LogP contribution in [-0.4, -0.2) is 21.0 Å². The zero-order valence-electron chi connectivity index (χ0n) is 16.4. The van der Waals surface area contributed by atoms with E-state index in [0.29, 0.717) is 23.4 Å². The summed E-state index contributed by atoms with van der Waals surface area (Å²) in [6.45, 7) is 5.66. The fourth-order valence-electron chi connectivity index (χ4n) is 2.43. The van der Waals surface area contributed by atoms with Gasteiger partial charge in [-0.15, -0.1) is 6.42 Å². The number of aliphatic hydroxyl groups is 1. The third kappa shape index (κ3) is 5.38. The second-order valence-corrected chi connectivity index (χ2v) is 6.48. The van der Waals surface area contributed by atoms with Crippen molar-refractivity contribution >= 4 is 17.3 Å². The van der Waals surface area contributed by atoms with Crippen molar-refractivity contribution in [2.24, 2.45) is 5.92 Å². The van der Waals surface area contributed by atoms with E-state index in [1.54, 1.807) is 30.5 Å². The van der Waals surface area contributed by atoms with Crippen LogP contribution in [0, 0.1) is 18.3 Å². The number of nitrogens with one attached hydrogen (secondary N) is 1. The maximum atomic E-state index is 12.3. The van der Waals surface area contributed by atoms with E-state index in [1.165, 1.54) is 0 Å². The van der Waals surface area contributed by atoms with Crippen LogP contribution in [0.5, 0.6) is 0 Å². The van der Waals surface area contributed by atoms with Crippen molar-refractivity contribution in [1.82, 2.24) is 9.97 Å². The number of carbonyl (C=O) groups excluding carboxylic acids is 1. The number of terminal acetylenes is 1. The highest BCUT2D eigenvalue weighted by Gasteiger charge is 2.21. The van der Waals surface area contributed by atoms with Gasteiger partial charge in [0.25, 0.3) is 0 Å². The Balaban J connectivity index is 2.47. The first-order valence-electron chi connectivity index (χ1n) is 9.18. The van der Waals surface area contributed by atoms with Crippen LogP contribution in [0.1, 0.15) is 50.2 Å². The topological polar surface area (TPSA) is 75.1 Å². The lowest BCUT2D eigenvalue weighted by molar-refractivity contribution is -0.119. The fourth-order valence-corrected chi connectivity index (χ4v) is 2.43. The molecule has 144 valence electrons. The second-order valence-electron chi connectivity index (χ2n) is 6.48. The molecule has 0 fully saturated rings. The second kappa shape index (κ2) is 10.2. The third-order valence-electron chi connectivity index (χ3n) is 4.42. The summed E-state index contributed by atoms with van der Waals surface area (Å²) in [6.07, 6.45) is 11.6. The summed E-state index contributed by atoms with van der Waals surface area (Å²) < 4.78 is 0. The van der Waals surface area contributed by atoms with Crippen molar-refractivity contribution < 1.29 is 9.90 Å². The highest BCUT2D eigenvalue weighted by Crippen LogP contribution is 2.27. The van der Waals surface area contributed by atoms with Gasteiger partial charge in [-0.25, -0.2) is 9.97 Å². The molecule has 0 bridgehead atoms. The van der Waals surface area contributed by atoms with Gasteiger partial charge in [-0.05, 0) is 30.6 Å². The Hall–Kier alpha value is -3.23. The molecule has 0 aliphatic carbocycles. The Morgan fingerprint density at radius 2 is 2.07 bits per heavy atom. The van der Waals surface area contributed by atoms with Crippen molar-refractivity contribution in [2.45, 2.75) is 33.3 Å².